The molecule has 3 aromatic carbocycles. The third kappa shape index (κ3) is 2.05. The minimum absolute atomic E-state index is 0.703. The van der Waals surface area contributed by atoms with Crippen molar-refractivity contribution >= 4 is 76.6 Å². The first kappa shape index (κ1) is 12.7. The van der Waals surface area contributed by atoms with Crippen LogP contribution < -0.4 is 0 Å². The molecule has 90 valence electrons. The molecule has 0 radical (unpaired) electrons. The van der Waals surface area contributed by atoms with Crippen LogP contribution in [0.15, 0.2) is 45.3 Å². The summed E-state index contributed by atoms with van der Waals surface area (Å²) in [5.41, 5.74) is 0. The fourth-order valence-electron chi connectivity index (χ4n) is 2.05. The van der Waals surface area contributed by atoms with Gasteiger partial charge in [-0.05, 0) is 77.7 Å². The lowest BCUT2D eigenvalue weighted by atomic mass is 10.0. The normalized spacial score (nSPS) is 11.3. The standard InChI is InChI=1S/C14H6Br2Cl2/c15-11-3-7-1-2-8-4-12(16)14(18)6-10(8)9(7)5-13(11)17/h1-6H. The highest BCUT2D eigenvalue weighted by Crippen LogP contribution is 2.36. The Kier molecular flexibility index (Phi) is 3.31. The molecule has 0 spiro atoms. The van der Waals surface area contributed by atoms with Crippen molar-refractivity contribution in [3.05, 3.63) is 55.4 Å². The Morgan fingerprint density at radius 1 is 0.667 bits per heavy atom. The van der Waals surface area contributed by atoms with Crippen molar-refractivity contribution in [2.75, 3.05) is 0 Å². The molecular formula is C14H6Br2Cl2. The zero-order chi connectivity index (χ0) is 12.9. The summed E-state index contributed by atoms with van der Waals surface area (Å²) in [6.45, 7) is 0. The molecule has 3 aromatic rings. The van der Waals surface area contributed by atoms with E-state index in [2.05, 4.69) is 44.0 Å². The summed E-state index contributed by atoms with van der Waals surface area (Å²) in [5.74, 6) is 0. The zero-order valence-corrected chi connectivity index (χ0v) is 13.7. The monoisotopic (exact) mass is 402 g/mol. The summed E-state index contributed by atoms with van der Waals surface area (Å²) in [5, 5.41) is 5.89. The van der Waals surface area contributed by atoms with Gasteiger partial charge >= 0.3 is 0 Å². The lowest BCUT2D eigenvalue weighted by Crippen LogP contribution is -1.80. The molecule has 0 atom stereocenters. The van der Waals surface area contributed by atoms with Crippen LogP contribution in [0.4, 0.5) is 0 Å². The lowest BCUT2D eigenvalue weighted by molar-refractivity contribution is 1.70. The van der Waals surface area contributed by atoms with Crippen LogP contribution in [0.1, 0.15) is 0 Å². The molecule has 0 aliphatic carbocycles. The van der Waals surface area contributed by atoms with Crippen molar-refractivity contribution in [2.45, 2.75) is 0 Å². The Morgan fingerprint density at radius 2 is 1.06 bits per heavy atom. The molecule has 0 heterocycles. The van der Waals surface area contributed by atoms with Crippen LogP contribution in [0.2, 0.25) is 10.0 Å². The van der Waals surface area contributed by atoms with Gasteiger partial charge in [-0.1, -0.05) is 35.3 Å². The Balaban J connectivity index is 2.52. The fourth-order valence-corrected chi connectivity index (χ4v) is 3.10. The number of benzene rings is 3. The molecular weight excluding hydrogens is 399 g/mol. The van der Waals surface area contributed by atoms with Gasteiger partial charge in [0.15, 0.2) is 0 Å². The van der Waals surface area contributed by atoms with Crippen LogP contribution in [0.3, 0.4) is 0 Å². The van der Waals surface area contributed by atoms with Gasteiger partial charge in [0.05, 0.1) is 10.0 Å². The second-order valence-corrected chi connectivity index (χ2v) is 6.56. The molecule has 4 heteroatoms. The molecule has 0 N–H and O–H groups in total. The molecule has 0 unspecified atom stereocenters. The van der Waals surface area contributed by atoms with Crippen LogP contribution in [0.5, 0.6) is 0 Å². The number of hydrogen-bond acceptors (Lipinski definition) is 0. The van der Waals surface area contributed by atoms with Crippen molar-refractivity contribution in [3.8, 4) is 0 Å². The lowest BCUT2D eigenvalue weighted by Gasteiger charge is -2.07. The van der Waals surface area contributed by atoms with E-state index in [9.17, 15) is 0 Å². The maximum Gasteiger partial charge on any atom is 0.0554 e. The van der Waals surface area contributed by atoms with E-state index in [0.717, 1.165) is 30.5 Å². The third-order valence-electron chi connectivity index (χ3n) is 2.92. The predicted molar refractivity (Wildman–Crippen MR) is 86.9 cm³/mol. The largest absolute Gasteiger partial charge is 0.0831 e. The molecule has 0 saturated carbocycles. The van der Waals surface area contributed by atoms with Crippen molar-refractivity contribution < 1.29 is 0 Å². The van der Waals surface area contributed by atoms with E-state index in [0.29, 0.717) is 10.0 Å². The smallest absolute Gasteiger partial charge is 0.0554 e. The van der Waals surface area contributed by atoms with Gasteiger partial charge in [0.1, 0.15) is 0 Å². The van der Waals surface area contributed by atoms with Crippen LogP contribution in [0, 0.1) is 0 Å². The van der Waals surface area contributed by atoms with Crippen molar-refractivity contribution in [1.82, 2.24) is 0 Å². The number of halogens is 4. The van der Waals surface area contributed by atoms with E-state index in [1.165, 1.54) is 0 Å². The van der Waals surface area contributed by atoms with Crippen molar-refractivity contribution in [2.24, 2.45) is 0 Å². The number of fused-ring (bicyclic) bond motifs is 3. The molecule has 0 nitrogen and oxygen atoms in total. The minimum Gasteiger partial charge on any atom is -0.0831 e. The molecule has 0 aromatic heterocycles. The molecule has 18 heavy (non-hydrogen) atoms. The van der Waals surface area contributed by atoms with E-state index < -0.39 is 0 Å². The van der Waals surface area contributed by atoms with Crippen LogP contribution in [0.25, 0.3) is 21.5 Å². The third-order valence-corrected chi connectivity index (χ3v) is 5.31. The predicted octanol–water partition coefficient (Wildman–Crippen LogP) is 6.82. The molecule has 3 rings (SSSR count). The molecule has 0 bridgehead atoms. The van der Waals surface area contributed by atoms with Gasteiger partial charge in [0, 0.05) is 8.95 Å². The highest BCUT2D eigenvalue weighted by molar-refractivity contribution is 9.10. The topological polar surface area (TPSA) is 0 Å². The zero-order valence-electron chi connectivity index (χ0n) is 8.98. The van der Waals surface area contributed by atoms with Crippen LogP contribution in [-0.2, 0) is 0 Å². The van der Waals surface area contributed by atoms with Crippen LogP contribution >= 0.6 is 55.1 Å². The van der Waals surface area contributed by atoms with E-state index in [-0.39, 0.29) is 0 Å². The Morgan fingerprint density at radius 3 is 1.44 bits per heavy atom. The quantitative estimate of drug-likeness (QED) is 0.360. The molecule has 0 saturated heterocycles. The number of rotatable bonds is 0. The van der Waals surface area contributed by atoms with E-state index in [1.807, 2.05) is 24.3 Å². The summed E-state index contributed by atoms with van der Waals surface area (Å²) in [6, 6.07) is 12.1. The van der Waals surface area contributed by atoms with Gasteiger partial charge in [-0.2, -0.15) is 0 Å². The maximum absolute atomic E-state index is 6.17. The van der Waals surface area contributed by atoms with Crippen molar-refractivity contribution in [3.63, 3.8) is 0 Å². The highest BCUT2D eigenvalue weighted by atomic mass is 79.9. The summed E-state index contributed by atoms with van der Waals surface area (Å²) in [6.07, 6.45) is 0. The van der Waals surface area contributed by atoms with Crippen molar-refractivity contribution in [1.29, 1.82) is 0 Å². The van der Waals surface area contributed by atoms with E-state index in [4.69, 9.17) is 23.2 Å². The first-order valence-corrected chi connectivity index (χ1v) is 7.57. The Hall–Kier alpha value is -0.280. The van der Waals surface area contributed by atoms with Gasteiger partial charge in [0.2, 0.25) is 0 Å². The first-order chi connectivity index (χ1) is 8.56. The minimum atomic E-state index is 0.703. The summed E-state index contributed by atoms with van der Waals surface area (Å²) >= 11 is 19.2. The molecule has 0 amide bonds. The Bertz CT molecular complexity index is 715. The summed E-state index contributed by atoms with van der Waals surface area (Å²) in [7, 11) is 0. The van der Waals surface area contributed by atoms with Gasteiger partial charge in [0.25, 0.3) is 0 Å². The Labute approximate surface area is 131 Å². The van der Waals surface area contributed by atoms with E-state index >= 15 is 0 Å². The summed E-state index contributed by atoms with van der Waals surface area (Å²) < 4.78 is 1.80. The molecule has 0 aliphatic rings. The van der Waals surface area contributed by atoms with Crippen LogP contribution in [-0.4, -0.2) is 0 Å². The summed E-state index contributed by atoms with van der Waals surface area (Å²) in [4.78, 5) is 0. The SMILES string of the molecule is Clc1cc2c(ccc3cc(Br)c(Cl)cc32)cc1Br. The second-order valence-electron chi connectivity index (χ2n) is 4.04. The fraction of sp³-hybridized carbons (Fsp3) is 0. The van der Waals surface area contributed by atoms with E-state index in [1.54, 1.807) is 0 Å². The van der Waals surface area contributed by atoms with Gasteiger partial charge in [-0.15, -0.1) is 0 Å². The van der Waals surface area contributed by atoms with Gasteiger partial charge in [-0.3, -0.25) is 0 Å². The average molecular weight is 405 g/mol. The molecule has 0 fully saturated rings. The maximum atomic E-state index is 6.17. The van der Waals surface area contributed by atoms with Gasteiger partial charge in [-0.25, -0.2) is 0 Å². The number of hydrogen-bond donors (Lipinski definition) is 0. The van der Waals surface area contributed by atoms with Gasteiger partial charge < -0.3 is 0 Å². The molecule has 0 aliphatic heterocycles. The highest BCUT2D eigenvalue weighted by Gasteiger charge is 2.07. The second kappa shape index (κ2) is 4.68. The first-order valence-electron chi connectivity index (χ1n) is 5.23. The average Bonchev–Trinajstić information content (AvgIpc) is 2.33.